The van der Waals surface area contributed by atoms with E-state index in [4.69, 9.17) is 0 Å². The van der Waals surface area contributed by atoms with E-state index in [1.807, 2.05) is 0 Å². The Morgan fingerprint density at radius 3 is 2.55 bits per heavy atom. The van der Waals surface area contributed by atoms with Crippen molar-refractivity contribution >= 4 is 33.8 Å². The molecule has 2 aromatic rings. The molecule has 0 unspecified atom stereocenters. The molecule has 1 heterocycles. The van der Waals surface area contributed by atoms with Crippen molar-refractivity contribution in [2.75, 3.05) is 30.8 Å². The number of benzene rings is 1. The topological polar surface area (TPSA) is 85.2 Å². The summed E-state index contributed by atoms with van der Waals surface area (Å²) < 4.78 is 12.9. The maximum absolute atomic E-state index is 12.9. The standard InChI is InChI=1S/C21H23FN4O2S/c1-13-3-8-16-17(10-23)21(29-18(16)9-13)25-20(28)12-26(2)11-19(27)24-15-6-4-14(22)5-7-15/h4-7,13H,3,8-9,11-12H2,1-2H3,(H,24,27)(H,25,28)/t13-/m1/s1. The molecule has 29 heavy (non-hydrogen) atoms. The number of thiophene rings is 1. The molecule has 1 aliphatic rings. The van der Waals surface area contributed by atoms with Crippen molar-refractivity contribution in [3.8, 4) is 6.07 Å². The quantitative estimate of drug-likeness (QED) is 0.759. The van der Waals surface area contributed by atoms with Crippen molar-refractivity contribution < 1.29 is 14.0 Å². The van der Waals surface area contributed by atoms with Crippen LogP contribution in [0.5, 0.6) is 0 Å². The Morgan fingerprint density at radius 1 is 1.24 bits per heavy atom. The molecule has 0 saturated carbocycles. The highest BCUT2D eigenvalue weighted by Gasteiger charge is 2.25. The van der Waals surface area contributed by atoms with Gasteiger partial charge in [0.1, 0.15) is 16.9 Å². The minimum Gasteiger partial charge on any atom is -0.325 e. The molecular formula is C21H23FN4O2S. The Kier molecular flexibility index (Phi) is 6.62. The van der Waals surface area contributed by atoms with Gasteiger partial charge < -0.3 is 10.6 Å². The van der Waals surface area contributed by atoms with Crippen molar-refractivity contribution in [1.29, 1.82) is 5.26 Å². The average molecular weight is 415 g/mol. The summed E-state index contributed by atoms with van der Waals surface area (Å²) in [5.74, 6) is -0.365. The highest BCUT2D eigenvalue weighted by Crippen LogP contribution is 2.39. The zero-order chi connectivity index (χ0) is 21.0. The molecule has 1 aromatic carbocycles. The van der Waals surface area contributed by atoms with Gasteiger partial charge in [-0.05, 0) is 62.1 Å². The molecule has 152 valence electrons. The number of anilines is 2. The number of likely N-dealkylation sites (N-methyl/N-ethyl adjacent to an activating group) is 1. The van der Waals surface area contributed by atoms with Crippen LogP contribution in [0.15, 0.2) is 24.3 Å². The van der Waals surface area contributed by atoms with E-state index in [0.717, 1.165) is 24.8 Å². The zero-order valence-electron chi connectivity index (χ0n) is 16.4. The number of nitriles is 1. The lowest BCUT2D eigenvalue weighted by Gasteiger charge is -2.17. The van der Waals surface area contributed by atoms with Crippen LogP contribution < -0.4 is 10.6 Å². The molecule has 0 aliphatic heterocycles. The summed E-state index contributed by atoms with van der Waals surface area (Å²) in [5, 5.41) is 15.6. The van der Waals surface area contributed by atoms with Crippen LogP contribution in [0.2, 0.25) is 0 Å². The molecule has 1 atom stereocenters. The molecule has 2 amide bonds. The third-order valence-corrected chi connectivity index (χ3v) is 6.00. The van der Waals surface area contributed by atoms with E-state index in [-0.39, 0.29) is 30.7 Å². The van der Waals surface area contributed by atoms with Crippen molar-refractivity contribution in [3.63, 3.8) is 0 Å². The molecule has 0 radical (unpaired) electrons. The second-order valence-electron chi connectivity index (χ2n) is 7.44. The first-order valence-electron chi connectivity index (χ1n) is 9.44. The van der Waals surface area contributed by atoms with Gasteiger partial charge in [0.25, 0.3) is 0 Å². The fourth-order valence-corrected chi connectivity index (χ4v) is 4.78. The third kappa shape index (κ3) is 5.40. The number of amides is 2. The van der Waals surface area contributed by atoms with E-state index in [0.29, 0.717) is 22.2 Å². The van der Waals surface area contributed by atoms with E-state index < -0.39 is 0 Å². The molecule has 3 rings (SSSR count). The van der Waals surface area contributed by atoms with E-state index in [9.17, 15) is 19.2 Å². The van der Waals surface area contributed by atoms with Crippen LogP contribution >= 0.6 is 11.3 Å². The number of nitrogens with zero attached hydrogens (tertiary/aromatic N) is 2. The summed E-state index contributed by atoms with van der Waals surface area (Å²) in [6, 6.07) is 7.71. The van der Waals surface area contributed by atoms with Gasteiger partial charge in [-0.25, -0.2) is 4.39 Å². The van der Waals surface area contributed by atoms with E-state index in [1.165, 1.54) is 40.5 Å². The highest BCUT2D eigenvalue weighted by atomic mass is 32.1. The maximum atomic E-state index is 12.9. The van der Waals surface area contributed by atoms with Gasteiger partial charge in [-0.15, -0.1) is 11.3 Å². The summed E-state index contributed by atoms with van der Waals surface area (Å²) in [6.07, 6.45) is 2.86. The second kappa shape index (κ2) is 9.16. The minimum atomic E-state index is -0.377. The molecular weight excluding hydrogens is 391 g/mol. The second-order valence-corrected chi connectivity index (χ2v) is 8.55. The molecule has 0 spiro atoms. The Balaban J connectivity index is 1.54. The van der Waals surface area contributed by atoms with E-state index >= 15 is 0 Å². The predicted octanol–water partition coefficient (Wildman–Crippen LogP) is 3.39. The zero-order valence-corrected chi connectivity index (χ0v) is 17.2. The van der Waals surface area contributed by atoms with Crippen LogP contribution in [0.1, 0.15) is 29.3 Å². The summed E-state index contributed by atoms with van der Waals surface area (Å²) in [5.41, 5.74) is 2.13. The van der Waals surface area contributed by atoms with Gasteiger partial charge >= 0.3 is 0 Å². The number of hydrogen-bond donors (Lipinski definition) is 2. The lowest BCUT2D eigenvalue weighted by atomic mass is 9.89. The Morgan fingerprint density at radius 2 is 1.90 bits per heavy atom. The van der Waals surface area contributed by atoms with Crippen LogP contribution in [0.25, 0.3) is 0 Å². The molecule has 2 N–H and O–H groups in total. The number of halogens is 1. The largest absolute Gasteiger partial charge is 0.325 e. The smallest absolute Gasteiger partial charge is 0.239 e. The first-order valence-corrected chi connectivity index (χ1v) is 10.3. The summed E-state index contributed by atoms with van der Waals surface area (Å²) in [7, 11) is 1.66. The normalized spacial score (nSPS) is 15.5. The summed E-state index contributed by atoms with van der Waals surface area (Å²) >= 11 is 1.48. The fourth-order valence-electron chi connectivity index (χ4n) is 3.40. The SMILES string of the molecule is C[C@@H]1CCc2c(sc(NC(=O)CN(C)CC(=O)Nc3ccc(F)cc3)c2C#N)C1. The number of fused-ring (bicyclic) bond motifs is 1. The van der Waals surface area contributed by atoms with Gasteiger partial charge in [0.2, 0.25) is 11.8 Å². The minimum absolute atomic E-state index is 0.00829. The average Bonchev–Trinajstić information content (AvgIpc) is 2.98. The van der Waals surface area contributed by atoms with Crippen LogP contribution in [0, 0.1) is 23.1 Å². The van der Waals surface area contributed by atoms with Crippen molar-refractivity contribution in [2.24, 2.45) is 5.92 Å². The van der Waals surface area contributed by atoms with E-state index in [1.54, 1.807) is 11.9 Å². The Labute approximate surface area is 173 Å². The van der Waals surface area contributed by atoms with Crippen molar-refractivity contribution in [3.05, 3.63) is 46.1 Å². The number of hydrogen-bond acceptors (Lipinski definition) is 5. The first-order chi connectivity index (χ1) is 13.9. The maximum Gasteiger partial charge on any atom is 0.239 e. The first kappa shape index (κ1) is 21.0. The fraction of sp³-hybridized carbons (Fsp3) is 0.381. The monoisotopic (exact) mass is 414 g/mol. The molecule has 1 aromatic heterocycles. The van der Waals surface area contributed by atoms with Gasteiger partial charge in [0, 0.05) is 10.6 Å². The van der Waals surface area contributed by atoms with Gasteiger partial charge in [-0.3, -0.25) is 14.5 Å². The van der Waals surface area contributed by atoms with Crippen LogP contribution in [0.4, 0.5) is 15.1 Å². The number of carbonyl (C=O) groups is 2. The molecule has 0 bridgehead atoms. The molecule has 0 fully saturated rings. The third-order valence-electron chi connectivity index (χ3n) is 4.83. The van der Waals surface area contributed by atoms with Gasteiger partial charge in [0.05, 0.1) is 18.7 Å². The van der Waals surface area contributed by atoms with E-state index in [2.05, 4.69) is 23.6 Å². The van der Waals surface area contributed by atoms with Crippen molar-refractivity contribution in [2.45, 2.75) is 26.2 Å². The molecule has 0 saturated heterocycles. The van der Waals surface area contributed by atoms with Gasteiger partial charge in [-0.1, -0.05) is 6.92 Å². The number of nitrogens with one attached hydrogen (secondary N) is 2. The number of rotatable bonds is 6. The van der Waals surface area contributed by atoms with Crippen molar-refractivity contribution in [1.82, 2.24) is 4.90 Å². The molecule has 1 aliphatic carbocycles. The highest BCUT2D eigenvalue weighted by molar-refractivity contribution is 7.16. The lowest BCUT2D eigenvalue weighted by Crippen LogP contribution is -2.36. The summed E-state index contributed by atoms with van der Waals surface area (Å²) in [6.45, 7) is 2.22. The number of carbonyl (C=O) groups excluding carboxylic acids is 2. The molecule has 6 nitrogen and oxygen atoms in total. The lowest BCUT2D eigenvalue weighted by molar-refractivity contribution is -0.119. The van der Waals surface area contributed by atoms with Gasteiger partial charge in [0.15, 0.2) is 0 Å². The van der Waals surface area contributed by atoms with Gasteiger partial charge in [-0.2, -0.15) is 5.26 Å². The van der Waals surface area contributed by atoms with Crippen LogP contribution in [-0.4, -0.2) is 36.9 Å². The molecule has 8 heteroatoms. The predicted molar refractivity (Wildman–Crippen MR) is 111 cm³/mol. The van der Waals surface area contributed by atoms with Crippen LogP contribution in [-0.2, 0) is 22.4 Å². The Bertz CT molecular complexity index is 949. The van der Waals surface area contributed by atoms with Crippen LogP contribution in [0.3, 0.4) is 0 Å². The Hall–Kier alpha value is -2.76. The summed E-state index contributed by atoms with van der Waals surface area (Å²) in [4.78, 5) is 27.3.